The summed E-state index contributed by atoms with van der Waals surface area (Å²) in [6.07, 6.45) is -3.21. The number of alkyl halides is 3. The van der Waals surface area contributed by atoms with Gasteiger partial charge in [0, 0.05) is 12.7 Å². The van der Waals surface area contributed by atoms with E-state index in [2.05, 4.69) is 10.3 Å². The van der Waals surface area contributed by atoms with Gasteiger partial charge in [-0.1, -0.05) is 13.8 Å². The van der Waals surface area contributed by atoms with Crippen LogP contribution in [0.4, 0.5) is 19.0 Å². The average Bonchev–Trinajstić information content (AvgIpc) is 2.26. The fraction of sp³-hybridized carbons (Fsp3) is 0.545. The Labute approximate surface area is 98.2 Å². The van der Waals surface area contributed by atoms with Crippen LogP contribution >= 0.6 is 0 Å². The first-order chi connectivity index (χ1) is 7.74. The molecule has 0 unspecified atom stereocenters. The van der Waals surface area contributed by atoms with Crippen LogP contribution in [0.1, 0.15) is 19.4 Å². The molecule has 0 amide bonds. The topological polar surface area (TPSA) is 50.9 Å². The molecule has 17 heavy (non-hydrogen) atoms. The molecule has 96 valence electrons. The van der Waals surface area contributed by atoms with Gasteiger partial charge in [0.2, 0.25) is 0 Å². The highest BCUT2D eigenvalue weighted by molar-refractivity contribution is 5.38. The van der Waals surface area contributed by atoms with Gasteiger partial charge in [0.1, 0.15) is 5.82 Å². The number of hydrogen-bond donors (Lipinski definition) is 2. The van der Waals surface area contributed by atoms with Crippen LogP contribution in [0, 0.1) is 5.41 Å². The Balaban J connectivity index is 2.74. The van der Waals surface area contributed by atoms with Crippen LogP contribution in [0.15, 0.2) is 18.3 Å². The zero-order chi connectivity index (χ0) is 13.1. The van der Waals surface area contributed by atoms with Gasteiger partial charge < -0.3 is 11.1 Å². The minimum absolute atomic E-state index is 0.185. The lowest BCUT2D eigenvalue weighted by Crippen LogP contribution is -2.31. The van der Waals surface area contributed by atoms with Crippen molar-refractivity contribution in [3.8, 4) is 0 Å². The number of nitrogens with two attached hydrogens (primary N) is 1. The molecule has 3 N–H and O–H groups in total. The molecule has 0 fully saturated rings. The van der Waals surface area contributed by atoms with Gasteiger partial charge in [0.25, 0.3) is 0 Å². The van der Waals surface area contributed by atoms with Crippen LogP contribution in [0.5, 0.6) is 0 Å². The first kappa shape index (κ1) is 13.8. The van der Waals surface area contributed by atoms with Gasteiger partial charge in [-0.2, -0.15) is 13.2 Å². The van der Waals surface area contributed by atoms with Crippen LogP contribution in [0.25, 0.3) is 0 Å². The fourth-order valence-corrected chi connectivity index (χ4v) is 1.11. The van der Waals surface area contributed by atoms with Gasteiger partial charge in [0.05, 0.1) is 5.56 Å². The van der Waals surface area contributed by atoms with Crippen LogP contribution in [-0.4, -0.2) is 18.1 Å². The minimum atomic E-state index is -4.34. The van der Waals surface area contributed by atoms with Crippen molar-refractivity contribution in [3.05, 3.63) is 23.9 Å². The first-order valence-electron chi connectivity index (χ1n) is 5.22. The maximum absolute atomic E-state index is 12.4. The lowest BCUT2D eigenvalue weighted by molar-refractivity contribution is -0.137. The molecule has 3 nitrogen and oxygen atoms in total. The van der Waals surface area contributed by atoms with Crippen molar-refractivity contribution in [1.29, 1.82) is 0 Å². The number of rotatable bonds is 4. The molecule has 0 saturated heterocycles. The molecular formula is C11H16F3N3. The Hall–Kier alpha value is -1.30. The number of nitrogens with zero attached hydrogens (tertiary/aromatic N) is 1. The Morgan fingerprint density at radius 2 is 2.00 bits per heavy atom. The van der Waals surface area contributed by atoms with Crippen molar-refractivity contribution >= 4 is 5.82 Å². The molecule has 1 aromatic rings. The molecule has 1 rings (SSSR count). The van der Waals surface area contributed by atoms with E-state index in [1.54, 1.807) is 0 Å². The number of aromatic nitrogens is 1. The molecular weight excluding hydrogens is 231 g/mol. The predicted molar refractivity (Wildman–Crippen MR) is 60.6 cm³/mol. The Kier molecular flexibility index (Phi) is 3.98. The van der Waals surface area contributed by atoms with Crippen molar-refractivity contribution in [3.63, 3.8) is 0 Å². The number of halogens is 3. The van der Waals surface area contributed by atoms with E-state index in [0.717, 1.165) is 18.3 Å². The fourth-order valence-electron chi connectivity index (χ4n) is 1.11. The highest BCUT2D eigenvalue weighted by atomic mass is 19.4. The Morgan fingerprint density at radius 3 is 2.53 bits per heavy atom. The normalized spacial score (nSPS) is 12.6. The van der Waals surface area contributed by atoms with E-state index in [0.29, 0.717) is 13.1 Å². The Bertz CT molecular complexity index is 374. The van der Waals surface area contributed by atoms with E-state index in [1.165, 1.54) is 0 Å². The van der Waals surface area contributed by atoms with Crippen molar-refractivity contribution in [1.82, 2.24) is 4.98 Å². The number of anilines is 1. The maximum atomic E-state index is 12.4. The van der Waals surface area contributed by atoms with Gasteiger partial charge in [-0.05, 0) is 24.1 Å². The van der Waals surface area contributed by atoms with E-state index in [-0.39, 0.29) is 11.2 Å². The zero-order valence-corrected chi connectivity index (χ0v) is 9.80. The van der Waals surface area contributed by atoms with Gasteiger partial charge in [-0.15, -0.1) is 0 Å². The Morgan fingerprint density at radius 1 is 1.35 bits per heavy atom. The minimum Gasteiger partial charge on any atom is -0.369 e. The lowest BCUT2D eigenvalue weighted by Gasteiger charge is -2.23. The molecule has 0 bridgehead atoms. The lowest BCUT2D eigenvalue weighted by atomic mass is 9.94. The summed E-state index contributed by atoms with van der Waals surface area (Å²) in [7, 11) is 0. The van der Waals surface area contributed by atoms with Gasteiger partial charge in [-0.3, -0.25) is 0 Å². The van der Waals surface area contributed by atoms with Gasteiger partial charge >= 0.3 is 6.18 Å². The second-order valence-corrected chi connectivity index (χ2v) is 4.65. The van der Waals surface area contributed by atoms with E-state index in [9.17, 15) is 13.2 Å². The molecule has 0 saturated carbocycles. The summed E-state index contributed by atoms with van der Waals surface area (Å²) in [5, 5.41) is 2.86. The molecule has 0 spiro atoms. The zero-order valence-electron chi connectivity index (χ0n) is 9.80. The summed E-state index contributed by atoms with van der Waals surface area (Å²) < 4.78 is 37.3. The molecule has 6 heteroatoms. The number of pyridine rings is 1. The molecule has 0 aliphatic rings. The second kappa shape index (κ2) is 4.91. The third kappa shape index (κ3) is 4.22. The summed E-state index contributed by atoms with van der Waals surface area (Å²) >= 11 is 0. The number of nitrogens with one attached hydrogen (secondary N) is 1. The average molecular weight is 247 g/mol. The highest BCUT2D eigenvalue weighted by Crippen LogP contribution is 2.30. The SMILES string of the molecule is CC(C)(CN)CNc1cc(C(F)(F)F)ccn1. The molecule has 0 aromatic carbocycles. The van der Waals surface area contributed by atoms with Crippen LogP contribution < -0.4 is 11.1 Å². The van der Waals surface area contributed by atoms with Crippen molar-refractivity contribution < 1.29 is 13.2 Å². The quantitative estimate of drug-likeness (QED) is 0.859. The molecule has 0 aliphatic heterocycles. The summed E-state index contributed by atoms with van der Waals surface area (Å²) in [6.45, 7) is 4.76. The first-order valence-corrected chi connectivity index (χ1v) is 5.22. The molecule has 1 aromatic heterocycles. The maximum Gasteiger partial charge on any atom is 0.416 e. The third-order valence-corrected chi connectivity index (χ3v) is 2.39. The van der Waals surface area contributed by atoms with Gasteiger partial charge in [-0.25, -0.2) is 4.98 Å². The van der Waals surface area contributed by atoms with Crippen molar-refractivity contribution in [2.75, 3.05) is 18.4 Å². The van der Waals surface area contributed by atoms with E-state index in [1.807, 2.05) is 13.8 Å². The van der Waals surface area contributed by atoms with Crippen LogP contribution in [-0.2, 0) is 6.18 Å². The summed E-state index contributed by atoms with van der Waals surface area (Å²) in [6, 6.07) is 1.94. The third-order valence-electron chi connectivity index (χ3n) is 2.39. The largest absolute Gasteiger partial charge is 0.416 e. The summed E-state index contributed by atoms with van der Waals surface area (Å²) in [4.78, 5) is 3.84. The second-order valence-electron chi connectivity index (χ2n) is 4.65. The monoisotopic (exact) mass is 247 g/mol. The van der Waals surface area contributed by atoms with E-state index >= 15 is 0 Å². The smallest absolute Gasteiger partial charge is 0.369 e. The molecule has 0 atom stereocenters. The van der Waals surface area contributed by atoms with E-state index < -0.39 is 11.7 Å². The van der Waals surface area contributed by atoms with Crippen LogP contribution in [0.2, 0.25) is 0 Å². The highest BCUT2D eigenvalue weighted by Gasteiger charge is 2.30. The summed E-state index contributed by atoms with van der Waals surface area (Å²) in [5.41, 5.74) is 4.64. The molecule has 0 aliphatic carbocycles. The predicted octanol–water partition coefficient (Wildman–Crippen LogP) is 2.50. The van der Waals surface area contributed by atoms with Gasteiger partial charge in [0.15, 0.2) is 0 Å². The molecule has 1 heterocycles. The van der Waals surface area contributed by atoms with E-state index in [4.69, 9.17) is 5.73 Å². The van der Waals surface area contributed by atoms with Crippen LogP contribution in [0.3, 0.4) is 0 Å². The summed E-state index contributed by atoms with van der Waals surface area (Å²) in [5.74, 6) is 0.210. The molecule has 0 radical (unpaired) electrons. The standard InChI is InChI=1S/C11H16F3N3/c1-10(2,6-15)7-17-9-5-8(3-4-16-9)11(12,13)14/h3-5H,6-7,15H2,1-2H3,(H,16,17). The van der Waals surface area contributed by atoms with Crippen molar-refractivity contribution in [2.24, 2.45) is 11.1 Å². The van der Waals surface area contributed by atoms with Crippen molar-refractivity contribution in [2.45, 2.75) is 20.0 Å². The number of hydrogen-bond acceptors (Lipinski definition) is 3.